The van der Waals surface area contributed by atoms with Crippen LogP contribution in [0.1, 0.15) is 21.5 Å². The van der Waals surface area contributed by atoms with Gasteiger partial charge in [0.1, 0.15) is 0 Å². The maximum atomic E-state index is 11.9. The van der Waals surface area contributed by atoms with Gasteiger partial charge in [-0.05, 0) is 55.9 Å². The molecule has 2 aromatic rings. The van der Waals surface area contributed by atoms with Gasteiger partial charge in [0, 0.05) is 11.3 Å². The van der Waals surface area contributed by atoms with E-state index in [0.717, 1.165) is 16.8 Å². The highest BCUT2D eigenvalue weighted by Gasteiger charge is 2.05. The summed E-state index contributed by atoms with van der Waals surface area (Å²) >= 11 is 5.14. The second-order valence-corrected chi connectivity index (χ2v) is 5.18. The van der Waals surface area contributed by atoms with Crippen molar-refractivity contribution in [2.75, 3.05) is 5.32 Å². The van der Waals surface area contributed by atoms with Gasteiger partial charge in [0.05, 0.1) is 0 Å². The van der Waals surface area contributed by atoms with Gasteiger partial charge in [0.2, 0.25) is 0 Å². The number of aryl methyl sites for hydroxylation is 2. The third-order valence-corrected chi connectivity index (χ3v) is 3.05. The molecular formula is C16H17N3OS. The minimum absolute atomic E-state index is 0.230. The lowest BCUT2D eigenvalue weighted by Crippen LogP contribution is -2.43. The van der Waals surface area contributed by atoms with Crippen LogP contribution in [0, 0.1) is 13.8 Å². The molecule has 0 bridgehead atoms. The molecule has 0 spiro atoms. The maximum Gasteiger partial charge on any atom is 0.269 e. The summed E-state index contributed by atoms with van der Waals surface area (Å²) in [5.41, 5.74) is 8.88. The minimum atomic E-state index is -0.230. The molecule has 2 aromatic carbocycles. The topological polar surface area (TPSA) is 53.2 Å². The molecule has 108 valence electrons. The lowest BCUT2D eigenvalue weighted by Gasteiger charge is -2.12. The second kappa shape index (κ2) is 6.85. The highest BCUT2D eigenvalue weighted by atomic mass is 32.1. The van der Waals surface area contributed by atoms with E-state index >= 15 is 0 Å². The summed E-state index contributed by atoms with van der Waals surface area (Å²) in [4.78, 5) is 11.9. The summed E-state index contributed by atoms with van der Waals surface area (Å²) in [7, 11) is 0. The number of thiocarbonyl (C=S) groups is 1. The molecular weight excluding hydrogens is 282 g/mol. The van der Waals surface area contributed by atoms with Crippen molar-refractivity contribution in [2.24, 2.45) is 0 Å². The first kappa shape index (κ1) is 15.0. The number of hydrogen-bond acceptors (Lipinski definition) is 2. The molecule has 0 heterocycles. The number of hydrogen-bond donors (Lipinski definition) is 3. The Morgan fingerprint density at radius 2 is 1.62 bits per heavy atom. The van der Waals surface area contributed by atoms with Crippen molar-refractivity contribution in [3.05, 3.63) is 65.2 Å². The molecule has 0 saturated carbocycles. The van der Waals surface area contributed by atoms with E-state index in [1.165, 1.54) is 0 Å². The van der Waals surface area contributed by atoms with Crippen LogP contribution in [-0.2, 0) is 0 Å². The van der Waals surface area contributed by atoms with Crippen molar-refractivity contribution >= 4 is 28.9 Å². The molecule has 0 aromatic heterocycles. The quantitative estimate of drug-likeness (QED) is 0.589. The Morgan fingerprint density at radius 1 is 0.952 bits per heavy atom. The van der Waals surface area contributed by atoms with E-state index in [9.17, 15) is 4.79 Å². The zero-order valence-corrected chi connectivity index (χ0v) is 12.8. The predicted octanol–water partition coefficient (Wildman–Crippen LogP) is 2.93. The molecule has 3 N–H and O–H groups in total. The Morgan fingerprint density at radius 3 is 2.29 bits per heavy atom. The zero-order chi connectivity index (χ0) is 15.2. The first-order valence-electron chi connectivity index (χ1n) is 6.55. The number of rotatable bonds is 2. The number of anilines is 1. The number of benzene rings is 2. The molecule has 0 aliphatic rings. The van der Waals surface area contributed by atoms with Crippen LogP contribution in [0.2, 0.25) is 0 Å². The molecule has 0 saturated heterocycles. The third kappa shape index (κ3) is 4.57. The van der Waals surface area contributed by atoms with Crippen molar-refractivity contribution in [2.45, 2.75) is 13.8 Å². The molecule has 5 heteroatoms. The van der Waals surface area contributed by atoms with Crippen LogP contribution in [0.4, 0.5) is 5.69 Å². The lowest BCUT2D eigenvalue weighted by atomic mass is 10.1. The van der Waals surface area contributed by atoms with E-state index in [2.05, 4.69) is 16.2 Å². The molecule has 0 fully saturated rings. The van der Waals surface area contributed by atoms with Crippen LogP contribution >= 0.6 is 12.2 Å². The van der Waals surface area contributed by atoms with Crippen LogP contribution < -0.4 is 16.2 Å². The highest BCUT2D eigenvalue weighted by molar-refractivity contribution is 7.80. The van der Waals surface area contributed by atoms with Gasteiger partial charge < -0.3 is 5.32 Å². The fourth-order valence-corrected chi connectivity index (χ4v) is 2.03. The Labute approximate surface area is 129 Å². The predicted molar refractivity (Wildman–Crippen MR) is 89.2 cm³/mol. The summed E-state index contributed by atoms with van der Waals surface area (Å²) in [5.74, 6) is -0.230. The zero-order valence-electron chi connectivity index (χ0n) is 11.9. The third-order valence-electron chi connectivity index (χ3n) is 2.85. The largest absolute Gasteiger partial charge is 0.331 e. The summed E-state index contributed by atoms with van der Waals surface area (Å²) in [6.07, 6.45) is 0. The van der Waals surface area contributed by atoms with Gasteiger partial charge in [-0.25, -0.2) is 0 Å². The summed E-state index contributed by atoms with van der Waals surface area (Å²) in [5, 5.41) is 3.34. The fraction of sp³-hybridized carbons (Fsp3) is 0.125. The minimum Gasteiger partial charge on any atom is -0.331 e. The van der Waals surface area contributed by atoms with Crippen molar-refractivity contribution < 1.29 is 4.79 Å². The first-order chi connectivity index (χ1) is 10.0. The van der Waals surface area contributed by atoms with Gasteiger partial charge >= 0.3 is 0 Å². The van der Waals surface area contributed by atoms with E-state index in [1.807, 2.05) is 56.3 Å². The molecule has 4 nitrogen and oxygen atoms in total. The summed E-state index contributed by atoms with van der Waals surface area (Å²) in [6, 6.07) is 15.2. The van der Waals surface area contributed by atoms with Gasteiger partial charge in [-0.3, -0.25) is 15.6 Å². The second-order valence-electron chi connectivity index (χ2n) is 4.77. The fourth-order valence-electron chi connectivity index (χ4n) is 1.86. The van der Waals surface area contributed by atoms with Crippen LogP contribution in [0.15, 0.2) is 48.5 Å². The summed E-state index contributed by atoms with van der Waals surface area (Å²) in [6.45, 7) is 3.94. The molecule has 0 radical (unpaired) electrons. The van der Waals surface area contributed by atoms with Crippen LogP contribution in [0.3, 0.4) is 0 Å². The Balaban J connectivity index is 1.88. The molecule has 0 aliphatic heterocycles. The standard InChI is InChI=1S/C16H17N3OS/c1-11-5-3-7-13(9-11)15(20)18-19-16(21)17-14-8-4-6-12(2)10-14/h3-10H,1-2H3,(H,18,20)(H2,17,19,21). The number of carbonyl (C=O) groups is 1. The van der Waals surface area contributed by atoms with E-state index in [1.54, 1.807) is 6.07 Å². The van der Waals surface area contributed by atoms with Crippen LogP contribution in [0.25, 0.3) is 0 Å². The van der Waals surface area contributed by atoms with E-state index in [-0.39, 0.29) is 5.91 Å². The SMILES string of the molecule is Cc1cccc(NC(=S)NNC(=O)c2cccc(C)c2)c1. The lowest BCUT2D eigenvalue weighted by molar-refractivity contribution is 0.0944. The normalized spacial score (nSPS) is 9.81. The van der Waals surface area contributed by atoms with Crippen molar-refractivity contribution in [1.29, 1.82) is 0 Å². The molecule has 0 aliphatic carbocycles. The molecule has 2 rings (SSSR count). The molecule has 21 heavy (non-hydrogen) atoms. The van der Waals surface area contributed by atoms with Crippen LogP contribution in [-0.4, -0.2) is 11.0 Å². The van der Waals surface area contributed by atoms with Crippen LogP contribution in [0.5, 0.6) is 0 Å². The smallest absolute Gasteiger partial charge is 0.269 e. The first-order valence-corrected chi connectivity index (χ1v) is 6.96. The monoisotopic (exact) mass is 299 g/mol. The Hall–Kier alpha value is -2.40. The van der Waals surface area contributed by atoms with E-state index in [0.29, 0.717) is 10.7 Å². The summed E-state index contributed by atoms with van der Waals surface area (Å²) < 4.78 is 0. The number of amides is 1. The van der Waals surface area contributed by atoms with Gasteiger partial charge in [-0.15, -0.1) is 0 Å². The van der Waals surface area contributed by atoms with Gasteiger partial charge in [0.25, 0.3) is 5.91 Å². The number of carbonyl (C=O) groups excluding carboxylic acids is 1. The van der Waals surface area contributed by atoms with Crippen molar-refractivity contribution in [1.82, 2.24) is 10.9 Å². The molecule has 0 atom stereocenters. The molecule has 1 amide bonds. The Kier molecular flexibility index (Phi) is 4.90. The highest BCUT2D eigenvalue weighted by Crippen LogP contribution is 2.09. The number of nitrogens with one attached hydrogen (secondary N) is 3. The molecule has 0 unspecified atom stereocenters. The van der Waals surface area contributed by atoms with Crippen molar-refractivity contribution in [3.63, 3.8) is 0 Å². The maximum absolute atomic E-state index is 11.9. The van der Waals surface area contributed by atoms with Gasteiger partial charge in [-0.2, -0.15) is 0 Å². The Bertz CT molecular complexity index is 670. The van der Waals surface area contributed by atoms with Crippen molar-refractivity contribution in [3.8, 4) is 0 Å². The average Bonchev–Trinajstić information content (AvgIpc) is 2.45. The van der Waals surface area contributed by atoms with Gasteiger partial charge in [-0.1, -0.05) is 29.8 Å². The number of hydrazine groups is 1. The van der Waals surface area contributed by atoms with E-state index < -0.39 is 0 Å². The van der Waals surface area contributed by atoms with E-state index in [4.69, 9.17) is 12.2 Å². The average molecular weight is 299 g/mol. The van der Waals surface area contributed by atoms with Gasteiger partial charge in [0.15, 0.2) is 5.11 Å².